The van der Waals surface area contributed by atoms with Crippen molar-refractivity contribution in [2.24, 2.45) is 5.41 Å². The molecule has 5 heteroatoms. The zero-order valence-corrected chi connectivity index (χ0v) is 12.8. The van der Waals surface area contributed by atoms with Crippen molar-refractivity contribution in [3.63, 3.8) is 0 Å². The Labute approximate surface area is 116 Å². The summed E-state index contributed by atoms with van der Waals surface area (Å²) in [4.78, 5) is 12.7. The third kappa shape index (κ3) is 3.16. The SMILES string of the molecule is COC1(C)CC(N(C)CCCC(=O)O)C1(C)C.Cl. The normalized spacial score (nSPS) is 29.6. The van der Waals surface area contributed by atoms with Gasteiger partial charge in [-0.15, -0.1) is 12.4 Å². The summed E-state index contributed by atoms with van der Waals surface area (Å²) in [5.41, 5.74) is 0.0540. The van der Waals surface area contributed by atoms with Gasteiger partial charge in [-0.2, -0.15) is 0 Å². The van der Waals surface area contributed by atoms with E-state index in [2.05, 4.69) is 32.7 Å². The lowest BCUT2D eigenvalue weighted by molar-refractivity contribution is -0.205. The molecule has 1 aliphatic rings. The fraction of sp³-hybridized carbons (Fsp3) is 0.923. The Morgan fingerprint density at radius 1 is 1.44 bits per heavy atom. The number of hydrogen-bond donors (Lipinski definition) is 1. The molecule has 108 valence electrons. The van der Waals surface area contributed by atoms with Crippen LogP contribution in [0.15, 0.2) is 0 Å². The maximum atomic E-state index is 10.5. The second-order valence-electron chi connectivity index (χ2n) is 5.85. The average Bonchev–Trinajstić information content (AvgIpc) is 2.24. The molecule has 1 N–H and O–H groups in total. The molecule has 0 aromatic rings. The highest BCUT2D eigenvalue weighted by molar-refractivity contribution is 5.85. The maximum absolute atomic E-state index is 10.5. The Kier molecular flexibility index (Phi) is 6.11. The van der Waals surface area contributed by atoms with Crippen LogP contribution in [0, 0.1) is 5.41 Å². The van der Waals surface area contributed by atoms with Gasteiger partial charge in [0, 0.05) is 25.0 Å². The van der Waals surface area contributed by atoms with Crippen LogP contribution >= 0.6 is 12.4 Å². The fourth-order valence-electron chi connectivity index (χ4n) is 2.80. The second kappa shape index (κ2) is 6.22. The Balaban J connectivity index is 0.00000289. The summed E-state index contributed by atoms with van der Waals surface area (Å²) in [6.07, 6.45) is 1.97. The van der Waals surface area contributed by atoms with Crippen molar-refractivity contribution in [2.75, 3.05) is 20.7 Å². The van der Waals surface area contributed by atoms with Gasteiger partial charge in [-0.25, -0.2) is 0 Å². The van der Waals surface area contributed by atoms with E-state index in [-0.39, 0.29) is 29.8 Å². The number of ether oxygens (including phenoxy) is 1. The first-order valence-corrected chi connectivity index (χ1v) is 6.22. The largest absolute Gasteiger partial charge is 0.481 e. The van der Waals surface area contributed by atoms with Gasteiger partial charge in [-0.3, -0.25) is 4.79 Å². The molecule has 0 amide bonds. The lowest BCUT2D eigenvalue weighted by Crippen LogP contribution is -2.68. The lowest BCUT2D eigenvalue weighted by Gasteiger charge is -2.61. The van der Waals surface area contributed by atoms with Crippen molar-refractivity contribution in [2.45, 2.75) is 51.7 Å². The summed E-state index contributed by atoms with van der Waals surface area (Å²) in [5, 5.41) is 8.62. The molecule has 1 fully saturated rings. The van der Waals surface area contributed by atoms with Gasteiger partial charge in [0.25, 0.3) is 0 Å². The van der Waals surface area contributed by atoms with E-state index in [1.807, 2.05) is 0 Å². The molecule has 2 atom stereocenters. The van der Waals surface area contributed by atoms with Crippen molar-refractivity contribution < 1.29 is 14.6 Å². The number of nitrogens with zero attached hydrogens (tertiary/aromatic N) is 1. The van der Waals surface area contributed by atoms with Crippen LogP contribution in [0.4, 0.5) is 0 Å². The molecule has 0 saturated heterocycles. The molecule has 1 rings (SSSR count). The maximum Gasteiger partial charge on any atom is 0.303 e. The van der Waals surface area contributed by atoms with Crippen LogP contribution in [0.1, 0.15) is 40.0 Å². The number of hydrogen-bond acceptors (Lipinski definition) is 3. The van der Waals surface area contributed by atoms with Crippen molar-refractivity contribution >= 4 is 18.4 Å². The van der Waals surface area contributed by atoms with E-state index < -0.39 is 5.97 Å². The van der Waals surface area contributed by atoms with Crippen molar-refractivity contribution in [3.05, 3.63) is 0 Å². The number of aliphatic carboxylic acids is 1. The zero-order valence-electron chi connectivity index (χ0n) is 12.0. The number of carbonyl (C=O) groups is 1. The van der Waals surface area contributed by atoms with E-state index in [9.17, 15) is 4.79 Å². The summed E-state index contributed by atoms with van der Waals surface area (Å²) in [7, 11) is 3.84. The third-order valence-electron chi connectivity index (χ3n) is 4.66. The number of methoxy groups -OCH3 is 1. The molecule has 0 heterocycles. The Hall–Kier alpha value is -0.320. The molecule has 0 aromatic heterocycles. The molecule has 0 spiro atoms. The van der Waals surface area contributed by atoms with Crippen LogP contribution < -0.4 is 0 Å². The molecular weight excluding hydrogens is 254 g/mol. The van der Waals surface area contributed by atoms with Gasteiger partial charge in [-0.1, -0.05) is 13.8 Å². The predicted molar refractivity (Wildman–Crippen MR) is 74.3 cm³/mol. The number of carboxylic acids is 1. The van der Waals surface area contributed by atoms with Gasteiger partial charge < -0.3 is 14.7 Å². The molecule has 1 aliphatic carbocycles. The molecule has 2 unspecified atom stereocenters. The zero-order chi connectivity index (χ0) is 13.3. The monoisotopic (exact) mass is 279 g/mol. The van der Waals surface area contributed by atoms with Crippen LogP contribution in [-0.2, 0) is 9.53 Å². The molecule has 1 saturated carbocycles. The highest BCUT2D eigenvalue weighted by atomic mass is 35.5. The van der Waals surface area contributed by atoms with Crippen molar-refractivity contribution in [1.82, 2.24) is 4.90 Å². The van der Waals surface area contributed by atoms with Crippen LogP contribution in [0.3, 0.4) is 0 Å². The Morgan fingerprint density at radius 2 is 2.00 bits per heavy atom. The first-order chi connectivity index (χ1) is 7.74. The summed E-state index contributed by atoms with van der Waals surface area (Å²) >= 11 is 0. The first kappa shape index (κ1) is 17.7. The summed E-state index contributed by atoms with van der Waals surface area (Å²) in [5.74, 6) is -0.715. The summed E-state index contributed by atoms with van der Waals surface area (Å²) in [6, 6.07) is 0.473. The van der Waals surface area contributed by atoms with Crippen LogP contribution in [0.2, 0.25) is 0 Å². The highest BCUT2D eigenvalue weighted by Crippen LogP contribution is 2.53. The van der Waals surface area contributed by atoms with E-state index in [1.54, 1.807) is 7.11 Å². The molecule has 0 bridgehead atoms. The minimum absolute atomic E-state index is 0. The van der Waals surface area contributed by atoms with Gasteiger partial charge >= 0.3 is 5.97 Å². The molecule has 0 radical (unpaired) electrons. The van der Waals surface area contributed by atoms with Crippen molar-refractivity contribution in [3.8, 4) is 0 Å². The van der Waals surface area contributed by atoms with E-state index in [1.165, 1.54) is 0 Å². The fourth-order valence-corrected chi connectivity index (χ4v) is 2.80. The summed E-state index contributed by atoms with van der Waals surface area (Å²) in [6.45, 7) is 7.42. The van der Waals surface area contributed by atoms with Gasteiger partial charge in [0.15, 0.2) is 0 Å². The van der Waals surface area contributed by atoms with E-state index in [4.69, 9.17) is 9.84 Å². The molecular formula is C13H26ClNO3. The highest BCUT2D eigenvalue weighted by Gasteiger charge is 2.58. The summed E-state index contributed by atoms with van der Waals surface area (Å²) < 4.78 is 5.59. The second-order valence-corrected chi connectivity index (χ2v) is 5.85. The molecule has 0 aromatic carbocycles. The van der Waals surface area contributed by atoms with Gasteiger partial charge in [0.1, 0.15) is 0 Å². The van der Waals surface area contributed by atoms with Crippen LogP contribution in [0.5, 0.6) is 0 Å². The Morgan fingerprint density at radius 3 is 2.39 bits per heavy atom. The van der Waals surface area contributed by atoms with Crippen LogP contribution in [0.25, 0.3) is 0 Å². The number of carboxylic acid groups (broad SMARTS) is 1. The topological polar surface area (TPSA) is 49.8 Å². The molecule has 0 aliphatic heterocycles. The third-order valence-corrected chi connectivity index (χ3v) is 4.66. The van der Waals surface area contributed by atoms with Gasteiger partial charge in [-0.05, 0) is 33.4 Å². The minimum Gasteiger partial charge on any atom is -0.481 e. The molecule has 18 heavy (non-hydrogen) atoms. The molecule has 4 nitrogen and oxygen atoms in total. The van der Waals surface area contributed by atoms with Gasteiger partial charge in [0.2, 0.25) is 0 Å². The minimum atomic E-state index is -0.715. The van der Waals surface area contributed by atoms with Crippen LogP contribution in [-0.4, -0.2) is 48.3 Å². The Bertz CT molecular complexity index is 296. The van der Waals surface area contributed by atoms with E-state index in [0.717, 1.165) is 13.0 Å². The van der Waals surface area contributed by atoms with E-state index >= 15 is 0 Å². The predicted octanol–water partition coefficient (Wildman–Crippen LogP) is 2.41. The number of halogens is 1. The smallest absolute Gasteiger partial charge is 0.303 e. The lowest BCUT2D eigenvalue weighted by atomic mass is 9.55. The van der Waals surface area contributed by atoms with Crippen molar-refractivity contribution in [1.29, 1.82) is 0 Å². The standard InChI is InChI=1S/C13H25NO3.ClH/c1-12(2)10(9-13(12,3)17-5)14(4)8-6-7-11(15)16;/h10H,6-9H2,1-5H3,(H,15,16);1H. The van der Waals surface area contributed by atoms with Gasteiger partial charge in [0.05, 0.1) is 5.60 Å². The average molecular weight is 280 g/mol. The quantitative estimate of drug-likeness (QED) is 0.811. The first-order valence-electron chi connectivity index (χ1n) is 6.22. The van der Waals surface area contributed by atoms with E-state index in [0.29, 0.717) is 12.5 Å². The number of rotatable bonds is 6.